The number of ether oxygens (including phenoxy) is 1. The normalized spacial score (nSPS) is 11.0. The van der Waals surface area contributed by atoms with E-state index in [1.54, 1.807) is 42.5 Å². The minimum atomic E-state index is -0.347. The maximum Gasteiger partial charge on any atom is 0.348 e. The second-order valence-corrected chi connectivity index (χ2v) is 6.92. The number of nitrogens with zero attached hydrogens (tertiary/aromatic N) is 6. The Balaban J connectivity index is 1.73. The molecule has 9 nitrogen and oxygen atoms in total. The van der Waals surface area contributed by atoms with Crippen molar-refractivity contribution in [1.29, 1.82) is 0 Å². The van der Waals surface area contributed by atoms with Gasteiger partial charge in [0, 0.05) is 12.4 Å². The second-order valence-electron chi connectivity index (χ2n) is 5.92. The van der Waals surface area contributed by atoms with Gasteiger partial charge in [-0.1, -0.05) is 0 Å². The van der Waals surface area contributed by atoms with Gasteiger partial charge in [0.15, 0.2) is 0 Å². The zero-order valence-corrected chi connectivity index (χ0v) is 16.3. The average molecular weight is 395 g/mol. The third-order valence-electron chi connectivity index (χ3n) is 3.97. The van der Waals surface area contributed by atoms with Crippen molar-refractivity contribution >= 4 is 39.0 Å². The number of esters is 1. The van der Waals surface area contributed by atoms with Crippen LogP contribution >= 0.6 is 11.3 Å². The molecule has 0 fully saturated rings. The molecule has 1 N–H and O–H groups in total. The van der Waals surface area contributed by atoms with E-state index in [1.165, 1.54) is 11.3 Å². The summed E-state index contributed by atoms with van der Waals surface area (Å²) < 4.78 is 6.72. The summed E-state index contributed by atoms with van der Waals surface area (Å²) in [5.41, 5.74) is 1.51. The summed E-state index contributed by atoms with van der Waals surface area (Å²) in [6, 6.07) is 1.74. The number of nitrogens with one attached hydrogen (secondary N) is 1. The number of carbonyl (C=O) groups excluding carboxylic acids is 1. The zero-order chi connectivity index (χ0) is 19.7. The average Bonchev–Trinajstić information content (AvgIpc) is 3.27. The summed E-state index contributed by atoms with van der Waals surface area (Å²) >= 11 is 1.31. The summed E-state index contributed by atoms with van der Waals surface area (Å²) in [5, 5.41) is 8.34. The first-order valence-electron chi connectivity index (χ1n) is 8.60. The van der Waals surface area contributed by atoms with Gasteiger partial charge >= 0.3 is 5.97 Å². The fourth-order valence-corrected chi connectivity index (χ4v) is 3.89. The lowest BCUT2D eigenvalue weighted by molar-refractivity contribution is 0.0531. The van der Waals surface area contributed by atoms with Crippen LogP contribution < -0.4 is 5.32 Å². The van der Waals surface area contributed by atoms with Crippen LogP contribution in [0.25, 0.3) is 16.2 Å². The van der Waals surface area contributed by atoms with Crippen LogP contribution in [0.3, 0.4) is 0 Å². The minimum Gasteiger partial charge on any atom is -0.462 e. The zero-order valence-electron chi connectivity index (χ0n) is 15.5. The van der Waals surface area contributed by atoms with Crippen molar-refractivity contribution in [2.45, 2.75) is 20.8 Å². The molecule has 4 aromatic heterocycles. The lowest BCUT2D eigenvalue weighted by Crippen LogP contribution is -2.03. The van der Waals surface area contributed by atoms with Crippen LogP contribution in [0.1, 0.15) is 28.0 Å². The quantitative estimate of drug-likeness (QED) is 0.513. The Morgan fingerprint density at radius 1 is 1.25 bits per heavy atom. The van der Waals surface area contributed by atoms with Crippen LogP contribution in [0.2, 0.25) is 0 Å². The van der Waals surface area contributed by atoms with E-state index < -0.39 is 0 Å². The van der Waals surface area contributed by atoms with Crippen LogP contribution in [-0.2, 0) is 4.74 Å². The van der Waals surface area contributed by atoms with E-state index in [0.29, 0.717) is 29.1 Å². The van der Waals surface area contributed by atoms with E-state index in [2.05, 4.69) is 30.4 Å². The first kappa shape index (κ1) is 18.0. The fraction of sp³-hybridized carbons (Fsp3) is 0.222. The molecule has 0 radical (unpaired) electrons. The van der Waals surface area contributed by atoms with Gasteiger partial charge in [-0.25, -0.2) is 29.4 Å². The molecule has 4 rings (SSSR count). The second kappa shape index (κ2) is 7.31. The van der Waals surface area contributed by atoms with Gasteiger partial charge in [0.2, 0.25) is 5.95 Å². The molecule has 0 aliphatic heterocycles. The van der Waals surface area contributed by atoms with Crippen LogP contribution in [-0.4, -0.2) is 42.3 Å². The molecule has 142 valence electrons. The highest BCUT2D eigenvalue weighted by Crippen LogP contribution is 2.35. The molecule has 0 atom stereocenters. The largest absolute Gasteiger partial charge is 0.462 e. The lowest BCUT2D eigenvalue weighted by Gasteiger charge is -2.06. The number of hydrogen-bond donors (Lipinski definition) is 1. The summed E-state index contributed by atoms with van der Waals surface area (Å²) in [4.78, 5) is 30.9. The van der Waals surface area contributed by atoms with Gasteiger partial charge in [0.25, 0.3) is 0 Å². The molecule has 0 aromatic carbocycles. The van der Waals surface area contributed by atoms with Crippen molar-refractivity contribution in [1.82, 2.24) is 29.7 Å². The van der Waals surface area contributed by atoms with Crippen molar-refractivity contribution in [2.75, 3.05) is 11.9 Å². The van der Waals surface area contributed by atoms with Gasteiger partial charge in [-0.3, -0.25) is 0 Å². The highest BCUT2D eigenvalue weighted by Gasteiger charge is 2.21. The number of rotatable bonds is 5. The van der Waals surface area contributed by atoms with Crippen molar-refractivity contribution in [3.05, 3.63) is 47.1 Å². The van der Waals surface area contributed by atoms with Crippen molar-refractivity contribution < 1.29 is 9.53 Å². The topological polar surface area (TPSA) is 108 Å². The van der Waals surface area contributed by atoms with E-state index in [9.17, 15) is 4.79 Å². The van der Waals surface area contributed by atoms with E-state index in [4.69, 9.17) is 4.74 Å². The highest BCUT2D eigenvalue weighted by molar-refractivity contribution is 7.20. The van der Waals surface area contributed by atoms with Crippen molar-refractivity contribution in [2.24, 2.45) is 0 Å². The number of hydrogen-bond acceptors (Lipinski definition) is 9. The molecule has 4 heterocycles. The number of aromatic nitrogens is 6. The molecule has 0 spiro atoms. The smallest absolute Gasteiger partial charge is 0.348 e. The Bertz CT molecular complexity index is 1150. The summed E-state index contributed by atoms with van der Waals surface area (Å²) in [6.07, 6.45) is 6.74. The molecule has 4 aromatic rings. The molecule has 28 heavy (non-hydrogen) atoms. The molecule has 0 saturated carbocycles. The summed E-state index contributed by atoms with van der Waals surface area (Å²) in [6.45, 7) is 5.79. The maximum atomic E-state index is 12.2. The van der Waals surface area contributed by atoms with Crippen LogP contribution in [0.15, 0.2) is 30.9 Å². The SMILES string of the molecule is CCOC(=O)c1sc2nc(C)nc(Nc3cnn(-c4ncccn4)c3)c2c1C. The fourth-order valence-electron chi connectivity index (χ4n) is 2.77. The van der Waals surface area contributed by atoms with E-state index in [0.717, 1.165) is 21.5 Å². The molecular formula is C18H17N7O2S. The lowest BCUT2D eigenvalue weighted by atomic mass is 10.2. The summed E-state index contributed by atoms with van der Waals surface area (Å²) in [5.74, 6) is 1.34. The molecule has 10 heteroatoms. The van der Waals surface area contributed by atoms with Gasteiger partial charge < -0.3 is 10.1 Å². The van der Waals surface area contributed by atoms with Gasteiger partial charge in [0.05, 0.1) is 30.1 Å². The Labute approximate surface area is 164 Å². The Morgan fingerprint density at radius 2 is 2.04 bits per heavy atom. The number of carbonyl (C=O) groups is 1. The molecule has 0 amide bonds. The molecule has 0 aliphatic carbocycles. The monoisotopic (exact) mass is 395 g/mol. The Hall–Kier alpha value is -3.40. The highest BCUT2D eigenvalue weighted by atomic mass is 32.1. The van der Waals surface area contributed by atoms with Gasteiger partial charge in [0.1, 0.15) is 21.3 Å². The Kier molecular flexibility index (Phi) is 4.70. The minimum absolute atomic E-state index is 0.322. The van der Waals surface area contributed by atoms with Gasteiger partial charge in [-0.15, -0.1) is 11.3 Å². The van der Waals surface area contributed by atoms with E-state index >= 15 is 0 Å². The van der Waals surface area contributed by atoms with Crippen LogP contribution in [0.4, 0.5) is 11.5 Å². The van der Waals surface area contributed by atoms with Crippen LogP contribution in [0, 0.1) is 13.8 Å². The first-order valence-corrected chi connectivity index (χ1v) is 9.42. The summed E-state index contributed by atoms with van der Waals surface area (Å²) in [7, 11) is 0. The van der Waals surface area contributed by atoms with Crippen molar-refractivity contribution in [3.8, 4) is 5.95 Å². The number of anilines is 2. The molecule has 0 unspecified atom stereocenters. The van der Waals surface area contributed by atoms with Crippen LogP contribution in [0.5, 0.6) is 0 Å². The van der Waals surface area contributed by atoms with Gasteiger partial charge in [-0.05, 0) is 32.4 Å². The van der Waals surface area contributed by atoms with E-state index in [1.807, 2.05) is 13.8 Å². The third-order valence-corrected chi connectivity index (χ3v) is 5.13. The van der Waals surface area contributed by atoms with E-state index in [-0.39, 0.29) is 5.97 Å². The standard InChI is InChI=1S/C18H17N7O2S/c1-4-27-17(26)14-10(2)13-15(22-11(3)23-16(13)28-14)24-12-8-21-25(9-12)18-19-6-5-7-20-18/h5-9H,4H2,1-3H3,(H,22,23,24). The predicted molar refractivity (Wildman–Crippen MR) is 105 cm³/mol. The van der Waals surface area contributed by atoms with Gasteiger partial charge in [-0.2, -0.15) is 5.10 Å². The molecule has 0 aliphatic rings. The molecule has 0 bridgehead atoms. The first-order chi connectivity index (χ1) is 13.6. The maximum absolute atomic E-state index is 12.2. The van der Waals surface area contributed by atoms with Crippen molar-refractivity contribution in [3.63, 3.8) is 0 Å². The third kappa shape index (κ3) is 3.29. The Morgan fingerprint density at radius 3 is 2.79 bits per heavy atom. The number of fused-ring (bicyclic) bond motifs is 1. The molecule has 0 saturated heterocycles. The molecular weight excluding hydrogens is 378 g/mol. The number of thiophene rings is 1. The predicted octanol–water partition coefficient (Wildman–Crippen LogP) is 3.20. The number of aryl methyl sites for hydroxylation is 2.